The molecular formula is C16H21N3O3S. The van der Waals surface area contributed by atoms with E-state index in [-0.39, 0.29) is 6.04 Å². The maximum absolute atomic E-state index is 12.1. The SMILES string of the molecule is O=S1(=O)NC(=NC2CCN(C3CCOC3)CC2)c2ccccc21. The molecular weight excluding hydrogens is 314 g/mol. The van der Waals surface area contributed by atoms with Crippen LogP contribution in [0.5, 0.6) is 0 Å². The molecule has 23 heavy (non-hydrogen) atoms. The minimum atomic E-state index is -3.44. The maximum atomic E-state index is 12.1. The van der Waals surface area contributed by atoms with Crippen molar-refractivity contribution < 1.29 is 13.2 Å². The van der Waals surface area contributed by atoms with E-state index in [9.17, 15) is 8.42 Å². The van der Waals surface area contributed by atoms with Crippen molar-refractivity contribution in [2.24, 2.45) is 4.99 Å². The predicted molar refractivity (Wildman–Crippen MR) is 87.1 cm³/mol. The van der Waals surface area contributed by atoms with Gasteiger partial charge in [-0.15, -0.1) is 0 Å². The summed E-state index contributed by atoms with van der Waals surface area (Å²) in [6.45, 7) is 3.71. The average Bonchev–Trinajstić information content (AvgIpc) is 3.16. The van der Waals surface area contributed by atoms with E-state index in [1.807, 2.05) is 12.1 Å². The number of hydrogen-bond donors (Lipinski definition) is 1. The Kier molecular flexibility index (Phi) is 3.87. The molecule has 0 amide bonds. The number of hydrogen-bond acceptors (Lipinski definition) is 5. The van der Waals surface area contributed by atoms with Gasteiger partial charge in [0.25, 0.3) is 10.0 Å². The lowest BCUT2D eigenvalue weighted by atomic mass is 10.0. The number of aliphatic imine (C=N–C) groups is 1. The second kappa shape index (κ2) is 5.89. The van der Waals surface area contributed by atoms with Gasteiger partial charge in [0.2, 0.25) is 0 Å². The molecule has 0 aromatic heterocycles. The highest BCUT2D eigenvalue weighted by Gasteiger charge is 2.32. The second-order valence-electron chi connectivity index (χ2n) is 6.36. The summed E-state index contributed by atoms with van der Waals surface area (Å²) >= 11 is 0. The molecule has 124 valence electrons. The fourth-order valence-electron chi connectivity index (χ4n) is 3.60. The lowest BCUT2D eigenvalue weighted by Gasteiger charge is -2.34. The Hall–Kier alpha value is -1.44. The zero-order valence-corrected chi connectivity index (χ0v) is 13.8. The van der Waals surface area contributed by atoms with Gasteiger partial charge in [0.05, 0.1) is 17.5 Å². The quantitative estimate of drug-likeness (QED) is 0.874. The van der Waals surface area contributed by atoms with Crippen LogP contribution in [-0.4, -0.2) is 57.5 Å². The van der Waals surface area contributed by atoms with Gasteiger partial charge < -0.3 is 4.74 Å². The summed E-state index contributed by atoms with van der Waals surface area (Å²) in [6.07, 6.45) is 3.04. The summed E-state index contributed by atoms with van der Waals surface area (Å²) in [5.74, 6) is 0.503. The smallest absolute Gasteiger partial charge is 0.263 e. The number of nitrogens with one attached hydrogen (secondary N) is 1. The first-order valence-corrected chi connectivity index (χ1v) is 9.63. The Morgan fingerprint density at radius 3 is 2.70 bits per heavy atom. The van der Waals surface area contributed by atoms with Crippen LogP contribution in [0.25, 0.3) is 0 Å². The molecule has 1 N–H and O–H groups in total. The van der Waals surface area contributed by atoms with Crippen LogP contribution < -0.4 is 4.72 Å². The summed E-state index contributed by atoms with van der Waals surface area (Å²) in [5, 5.41) is 0. The minimum absolute atomic E-state index is 0.178. The molecule has 3 heterocycles. The summed E-state index contributed by atoms with van der Waals surface area (Å²) in [4.78, 5) is 7.52. The van der Waals surface area contributed by atoms with Crippen LogP contribution in [0.15, 0.2) is 34.2 Å². The number of sulfonamides is 1. The van der Waals surface area contributed by atoms with Gasteiger partial charge in [-0.2, -0.15) is 0 Å². The summed E-state index contributed by atoms with van der Waals surface area (Å²) in [5.41, 5.74) is 0.694. The van der Waals surface area contributed by atoms with E-state index in [2.05, 4.69) is 9.62 Å². The van der Waals surface area contributed by atoms with Crippen molar-refractivity contribution in [3.8, 4) is 0 Å². The predicted octanol–water partition coefficient (Wildman–Crippen LogP) is 0.978. The molecule has 0 radical (unpaired) electrons. The third-order valence-corrected chi connectivity index (χ3v) is 6.29. The van der Waals surface area contributed by atoms with E-state index in [0.717, 1.165) is 45.6 Å². The van der Waals surface area contributed by atoms with Crippen LogP contribution in [-0.2, 0) is 14.8 Å². The molecule has 1 unspecified atom stereocenters. The summed E-state index contributed by atoms with van der Waals surface area (Å²) in [7, 11) is -3.44. The Bertz CT molecular complexity index is 718. The van der Waals surface area contributed by atoms with Crippen LogP contribution in [0.1, 0.15) is 24.8 Å². The zero-order chi connectivity index (χ0) is 15.9. The van der Waals surface area contributed by atoms with E-state index in [1.165, 1.54) is 0 Å². The monoisotopic (exact) mass is 335 g/mol. The molecule has 2 fully saturated rings. The first kappa shape index (κ1) is 15.1. The van der Waals surface area contributed by atoms with Crippen LogP contribution in [0.2, 0.25) is 0 Å². The summed E-state index contributed by atoms with van der Waals surface area (Å²) in [6, 6.07) is 7.76. The van der Waals surface area contributed by atoms with Crippen LogP contribution in [0.3, 0.4) is 0 Å². The number of nitrogens with zero attached hydrogens (tertiary/aromatic N) is 2. The largest absolute Gasteiger partial charge is 0.380 e. The Balaban J connectivity index is 1.48. The van der Waals surface area contributed by atoms with Crippen molar-refractivity contribution >= 4 is 15.9 Å². The fraction of sp³-hybridized carbons (Fsp3) is 0.562. The van der Waals surface area contributed by atoms with Crippen LogP contribution >= 0.6 is 0 Å². The molecule has 2 saturated heterocycles. The molecule has 6 nitrogen and oxygen atoms in total. The summed E-state index contributed by atoms with van der Waals surface area (Å²) < 4.78 is 32.3. The molecule has 1 aromatic carbocycles. The Morgan fingerprint density at radius 2 is 1.96 bits per heavy atom. The minimum Gasteiger partial charge on any atom is -0.380 e. The molecule has 3 aliphatic rings. The lowest BCUT2D eigenvalue weighted by molar-refractivity contribution is 0.123. The van der Waals surface area contributed by atoms with Crippen molar-refractivity contribution in [3.05, 3.63) is 29.8 Å². The first-order chi connectivity index (χ1) is 11.1. The number of benzene rings is 1. The number of rotatable bonds is 2. The normalized spacial score (nSPS) is 29.6. The standard InChI is InChI=1S/C16H21N3O3S/c20-23(21)15-4-2-1-3-14(15)16(18-23)17-12-5-8-19(9-6-12)13-7-10-22-11-13/h1-4,12-13H,5-11H2,(H,17,18). The van der Waals surface area contributed by atoms with Gasteiger partial charge in [0, 0.05) is 31.3 Å². The van der Waals surface area contributed by atoms with E-state index in [4.69, 9.17) is 9.73 Å². The van der Waals surface area contributed by atoms with Gasteiger partial charge in [-0.25, -0.2) is 8.42 Å². The highest BCUT2D eigenvalue weighted by atomic mass is 32.2. The van der Waals surface area contributed by atoms with Crippen molar-refractivity contribution in [3.63, 3.8) is 0 Å². The topological polar surface area (TPSA) is 71.0 Å². The number of fused-ring (bicyclic) bond motifs is 1. The first-order valence-electron chi connectivity index (χ1n) is 8.15. The molecule has 0 spiro atoms. The molecule has 1 aromatic rings. The number of piperidine rings is 1. The van der Waals surface area contributed by atoms with Crippen molar-refractivity contribution in [2.45, 2.75) is 36.2 Å². The molecule has 1 atom stereocenters. The lowest BCUT2D eigenvalue weighted by Crippen LogP contribution is -2.43. The van der Waals surface area contributed by atoms with E-state index >= 15 is 0 Å². The number of ether oxygens (including phenoxy) is 1. The van der Waals surface area contributed by atoms with E-state index < -0.39 is 10.0 Å². The Morgan fingerprint density at radius 1 is 1.17 bits per heavy atom. The molecule has 0 bridgehead atoms. The van der Waals surface area contributed by atoms with Crippen molar-refractivity contribution in [1.29, 1.82) is 0 Å². The molecule has 0 saturated carbocycles. The van der Waals surface area contributed by atoms with Gasteiger partial charge in [-0.1, -0.05) is 12.1 Å². The average molecular weight is 335 g/mol. The van der Waals surface area contributed by atoms with Crippen molar-refractivity contribution in [1.82, 2.24) is 9.62 Å². The van der Waals surface area contributed by atoms with E-state index in [1.54, 1.807) is 12.1 Å². The number of amidine groups is 1. The van der Waals surface area contributed by atoms with Gasteiger partial charge in [-0.05, 0) is 31.4 Å². The van der Waals surface area contributed by atoms with Crippen LogP contribution in [0, 0.1) is 0 Å². The van der Waals surface area contributed by atoms with Gasteiger partial charge in [0.1, 0.15) is 5.84 Å². The molecule has 4 rings (SSSR count). The maximum Gasteiger partial charge on any atom is 0.263 e. The molecule has 0 aliphatic carbocycles. The van der Waals surface area contributed by atoms with Gasteiger partial charge in [-0.3, -0.25) is 14.6 Å². The van der Waals surface area contributed by atoms with E-state index in [0.29, 0.717) is 22.3 Å². The Labute approximate surface area is 136 Å². The third kappa shape index (κ3) is 2.88. The second-order valence-corrected chi connectivity index (χ2v) is 8.01. The highest BCUT2D eigenvalue weighted by molar-refractivity contribution is 7.90. The van der Waals surface area contributed by atoms with Gasteiger partial charge >= 0.3 is 0 Å². The molecule has 3 aliphatic heterocycles. The number of likely N-dealkylation sites (tertiary alicyclic amines) is 1. The van der Waals surface area contributed by atoms with Crippen molar-refractivity contribution in [2.75, 3.05) is 26.3 Å². The van der Waals surface area contributed by atoms with Gasteiger partial charge in [0.15, 0.2) is 0 Å². The third-order valence-electron chi connectivity index (χ3n) is 4.90. The highest BCUT2D eigenvalue weighted by Crippen LogP contribution is 2.25. The fourth-order valence-corrected chi connectivity index (χ4v) is 4.84. The molecule has 7 heteroatoms. The zero-order valence-electron chi connectivity index (χ0n) is 12.9. The van der Waals surface area contributed by atoms with Crippen LogP contribution in [0.4, 0.5) is 0 Å².